The summed E-state index contributed by atoms with van der Waals surface area (Å²) >= 11 is 0. The lowest BCUT2D eigenvalue weighted by Crippen LogP contribution is -2.54. The summed E-state index contributed by atoms with van der Waals surface area (Å²) in [5, 5.41) is -0.152. The van der Waals surface area contributed by atoms with Crippen molar-refractivity contribution >= 4 is 22.6 Å². The fraction of sp³-hybridized carbons (Fsp3) is 0.893. The molecule has 0 N–H and O–H groups in total. The third-order valence-electron chi connectivity index (χ3n) is 8.08. The number of hydrogen-bond donors (Lipinski definition) is 0. The SMILES string of the molecule is CCOC(=O)/C(=C/[C@H]1OC(C)(C)O[C@H]1[C@H](O[Si](C)(C)C(C)(C)C)[C@H]1COC(C)(C)O1)O[Si](C)(C)C(C)(C)C. The third kappa shape index (κ3) is 8.14. The molecule has 2 rings (SSSR count). The fourth-order valence-corrected chi connectivity index (χ4v) is 6.20. The number of carbonyl (C=O) groups is 1. The summed E-state index contributed by atoms with van der Waals surface area (Å²) in [4.78, 5) is 13.1. The molecule has 0 saturated carbocycles. The molecular weight excluding hydrogens is 520 g/mol. The van der Waals surface area contributed by atoms with Crippen LogP contribution in [0.3, 0.4) is 0 Å². The molecule has 2 fully saturated rings. The van der Waals surface area contributed by atoms with Crippen molar-refractivity contribution in [1.82, 2.24) is 0 Å². The minimum Gasteiger partial charge on any atom is -0.539 e. The highest BCUT2D eigenvalue weighted by molar-refractivity contribution is 6.74. The molecule has 0 aromatic heterocycles. The van der Waals surface area contributed by atoms with Crippen LogP contribution in [0.2, 0.25) is 36.3 Å². The Morgan fingerprint density at radius 2 is 1.47 bits per heavy atom. The van der Waals surface area contributed by atoms with Gasteiger partial charge in [0.25, 0.3) is 8.32 Å². The van der Waals surface area contributed by atoms with Gasteiger partial charge in [0.05, 0.1) is 13.2 Å². The highest BCUT2D eigenvalue weighted by atomic mass is 28.4. The standard InChI is InChI=1S/C28H54O8Si2/c1-16-30-24(29)20(35-37(12,13)25(2,3)4)17-19-22(34-28(10,11)32-19)23(21-18-31-27(8,9)33-21)36-38(14,15)26(5,6)7/h17,19,21-23H,16,18H2,1-15H3/b20-17-/t19-,21-,22-,23-/m1/s1. The van der Waals surface area contributed by atoms with Crippen molar-refractivity contribution in [2.24, 2.45) is 0 Å². The molecule has 0 aromatic rings. The maximum atomic E-state index is 13.1. The Kier molecular flexibility index (Phi) is 9.91. The summed E-state index contributed by atoms with van der Waals surface area (Å²) in [5.74, 6) is -1.99. The van der Waals surface area contributed by atoms with E-state index in [0.29, 0.717) is 6.61 Å². The van der Waals surface area contributed by atoms with E-state index in [-0.39, 0.29) is 28.5 Å². The topological polar surface area (TPSA) is 81.7 Å². The molecular formula is C28H54O8Si2. The van der Waals surface area contributed by atoms with Gasteiger partial charge in [-0.1, -0.05) is 41.5 Å². The van der Waals surface area contributed by atoms with Gasteiger partial charge in [-0.25, -0.2) is 4.79 Å². The molecule has 0 bridgehead atoms. The molecule has 222 valence electrons. The van der Waals surface area contributed by atoms with Gasteiger partial charge in [0.15, 0.2) is 25.7 Å². The van der Waals surface area contributed by atoms with Gasteiger partial charge >= 0.3 is 5.97 Å². The van der Waals surface area contributed by atoms with Crippen molar-refractivity contribution in [3.05, 3.63) is 11.8 Å². The minimum absolute atomic E-state index is 0.0396. The second kappa shape index (κ2) is 11.3. The maximum absolute atomic E-state index is 13.1. The smallest absolute Gasteiger partial charge is 0.371 e. The van der Waals surface area contributed by atoms with Gasteiger partial charge in [-0.3, -0.25) is 0 Å². The lowest BCUT2D eigenvalue weighted by molar-refractivity contribution is -0.176. The van der Waals surface area contributed by atoms with Crippen LogP contribution in [0.5, 0.6) is 0 Å². The molecule has 38 heavy (non-hydrogen) atoms. The fourth-order valence-electron chi connectivity index (χ4n) is 3.87. The maximum Gasteiger partial charge on any atom is 0.371 e. The molecule has 2 heterocycles. The Morgan fingerprint density at radius 3 is 1.92 bits per heavy atom. The van der Waals surface area contributed by atoms with Crippen molar-refractivity contribution in [3.63, 3.8) is 0 Å². The summed E-state index contributed by atoms with van der Waals surface area (Å²) in [6.45, 7) is 31.5. The van der Waals surface area contributed by atoms with Crippen LogP contribution in [0.25, 0.3) is 0 Å². The Morgan fingerprint density at radius 1 is 0.921 bits per heavy atom. The van der Waals surface area contributed by atoms with Crippen molar-refractivity contribution in [1.29, 1.82) is 0 Å². The van der Waals surface area contributed by atoms with Crippen molar-refractivity contribution in [2.45, 2.75) is 148 Å². The van der Waals surface area contributed by atoms with Crippen LogP contribution in [0.1, 0.15) is 76.2 Å². The summed E-state index contributed by atoms with van der Waals surface area (Å²) < 4.78 is 44.0. The van der Waals surface area contributed by atoms with Gasteiger partial charge in [-0.2, -0.15) is 0 Å². The molecule has 0 aromatic carbocycles. The average Bonchev–Trinajstić information content (AvgIpc) is 3.21. The first-order valence-electron chi connectivity index (χ1n) is 13.8. The Hall–Kier alpha value is -0.756. The average molecular weight is 575 g/mol. The first kappa shape index (κ1) is 33.5. The van der Waals surface area contributed by atoms with Crippen LogP contribution in [0.15, 0.2) is 11.8 Å². The zero-order valence-corrected chi connectivity index (χ0v) is 28.6. The van der Waals surface area contributed by atoms with E-state index in [1.807, 2.05) is 27.7 Å². The molecule has 0 radical (unpaired) electrons. The summed E-state index contributed by atoms with van der Waals surface area (Å²) in [7, 11) is -4.63. The number of hydrogen-bond acceptors (Lipinski definition) is 8. The summed E-state index contributed by atoms with van der Waals surface area (Å²) in [6.07, 6.45) is -0.326. The molecule has 2 aliphatic rings. The van der Waals surface area contributed by atoms with E-state index in [1.165, 1.54) is 0 Å². The van der Waals surface area contributed by atoms with Gasteiger partial charge in [0.1, 0.15) is 24.4 Å². The first-order chi connectivity index (χ1) is 16.9. The monoisotopic (exact) mass is 574 g/mol. The lowest BCUT2D eigenvalue weighted by Gasteiger charge is -2.42. The number of rotatable bonds is 9. The number of carbonyl (C=O) groups excluding carboxylic acids is 1. The molecule has 0 aliphatic carbocycles. The Bertz CT molecular complexity index is 867. The highest BCUT2D eigenvalue weighted by Gasteiger charge is 2.54. The lowest BCUT2D eigenvalue weighted by atomic mass is 10.0. The van der Waals surface area contributed by atoms with E-state index in [4.69, 9.17) is 32.5 Å². The summed E-state index contributed by atoms with van der Waals surface area (Å²) in [5.41, 5.74) is 0. The largest absolute Gasteiger partial charge is 0.539 e. The third-order valence-corrected chi connectivity index (χ3v) is 16.9. The van der Waals surface area contributed by atoms with E-state index in [2.05, 4.69) is 67.7 Å². The number of esters is 1. The van der Waals surface area contributed by atoms with Gasteiger partial charge in [0, 0.05) is 0 Å². The van der Waals surface area contributed by atoms with E-state index < -0.39 is 52.5 Å². The Labute approximate surface area is 233 Å². The van der Waals surface area contributed by atoms with E-state index >= 15 is 0 Å². The molecule has 2 aliphatic heterocycles. The minimum atomic E-state index is -2.36. The van der Waals surface area contributed by atoms with Gasteiger partial charge in [-0.15, -0.1) is 0 Å². The van der Waals surface area contributed by atoms with Crippen LogP contribution in [0, 0.1) is 0 Å². The highest BCUT2D eigenvalue weighted by Crippen LogP contribution is 2.43. The molecule has 4 atom stereocenters. The van der Waals surface area contributed by atoms with Crippen LogP contribution >= 0.6 is 0 Å². The zero-order valence-electron chi connectivity index (χ0n) is 26.6. The molecule has 0 amide bonds. The van der Waals surface area contributed by atoms with Crippen molar-refractivity contribution in [3.8, 4) is 0 Å². The van der Waals surface area contributed by atoms with Crippen LogP contribution < -0.4 is 0 Å². The summed E-state index contributed by atoms with van der Waals surface area (Å²) in [6, 6.07) is 0. The zero-order chi connectivity index (χ0) is 29.5. The second-order valence-electron chi connectivity index (χ2n) is 14.4. The van der Waals surface area contributed by atoms with E-state index in [0.717, 1.165) is 0 Å². The molecule has 0 unspecified atom stereocenters. The van der Waals surface area contributed by atoms with Gasteiger partial charge in [0.2, 0.25) is 0 Å². The van der Waals surface area contributed by atoms with E-state index in [9.17, 15) is 4.79 Å². The van der Waals surface area contributed by atoms with Crippen LogP contribution in [-0.4, -0.2) is 71.8 Å². The molecule has 2 saturated heterocycles. The Balaban J connectivity index is 2.57. The predicted octanol–water partition coefficient (Wildman–Crippen LogP) is 6.52. The molecule has 8 nitrogen and oxygen atoms in total. The molecule has 0 spiro atoms. The predicted molar refractivity (Wildman–Crippen MR) is 154 cm³/mol. The molecule has 10 heteroatoms. The first-order valence-corrected chi connectivity index (χ1v) is 19.7. The normalized spacial score (nSPS) is 27.3. The van der Waals surface area contributed by atoms with Crippen molar-refractivity contribution in [2.75, 3.05) is 13.2 Å². The van der Waals surface area contributed by atoms with E-state index in [1.54, 1.807) is 13.0 Å². The number of ether oxygens (including phenoxy) is 5. The van der Waals surface area contributed by atoms with Gasteiger partial charge < -0.3 is 32.5 Å². The second-order valence-corrected chi connectivity index (χ2v) is 23.9. The quantitative estimate of drug-likeness (QED) is 0.133. The van der Waals surface area contributed by atoms with Gasteiger partial charge in [-0.05, 0) is 77.0 Å². The van der Waals surface area contributed by atoms with Crippen molar-refractivity contribution < 1.29 is 37.3 Å². The van der Waals surface area contributed by atoms with Crippen LogP contribution in [-0.2, 0) is 37.3 Å². The van der Waals surface area contributed by atoms with Crippen LogP contribution in [0.4, 0.5) is 0 Å².